The van der Waals surface area contributed by atoms with Gasteiger partial charge in [-0.1, -0.05) is 0 Å². The molecule has 1 aliphatic heterocycles. The van der Waals surface area contributed by atoms with Crippen LogP contribution in [0.1, 0.15) is 47.5 Å². The molecule has 1 atom stereocenters. The van der Waals surface area contributed by atoms with Crippen LogP contribution < -0.4 is 16.0 Å². The molecule has 0 spiro atoms. The minimum Gasteiger partial charge on any atom is -0.383 e. The van der Waals surface area contributed by atoms with E-state index in [1.165, 1.54) is 0 Å². The maximum Gasteiger partial charge on any atom is 0.166 e. The molecule has 1 aliphatic rings. The number of hydrogen-bond acceptors (Lipinski definition) is 3. The Balaban J connectivity index is 2.49. The minimum atomic E-state index is 0.132. The number of nitrogens with one attached hydrogen (secondary N) is 3. The molecule has 0 aliphatic carbocycles. The first-order valence-electron chi connectivity index (χ1n) is 6.99. The summed E-state index contributed by atoms with van der Waals surface area (Å²) in [6.07, 6.45) is 2.13. The number of rotatable bonds is 4. The summed E-state index contributed by atoms with van der Waals surface area (Å²) >= 11 is 5.38. The highest BCUT2D eigenvalue weighted by Crippen LogP contribution is 2.28. The van der Waals surface area contributed by atoms with Gasteiger partial charge in [0.05, 0.1) is 6.61 Å². The summed E-state index contributed by atoms with van der Waals surface area (Å²) in [5.74, 6) is 0. The molecule has 0 saturated carbocycles. The molecule has 19 heavy (non-hydrogen) atoms. The van der Waals surface area contributed by atoms with E-state index in [1.54, 1.807) is 7.11 Å². The molecule has 1 saturated heterocycles. The van der Waals surface area contributed by atoms with Crippen LogP contribution in [0.25, 0.3) is 0 Å². The van der Waals surface area contributed by atoms with Gasteiger partial charge in [0.2, 0.25) is 0 Å². The summed E-state index contributed by atoms with van der Waals surface area (Å²) in [7, 11) is 1.70. The van der Waals surface area contributed by atoms with Crippen LogP contribution in [0.15, 0.2) is 0 Å². The third kappa shape index (κ3) is 6.06. The Morgan fingerprint density at radius 2 is 1.84 bits per heavy atom. The average Bonchev–Trinajstić information content (AvgIpc) is 2.10. The highest BCUT2D eigenvalue weighted by molar-refractivity contribution is 7.80. The van der Waals surface area contributed by atoms with E-state index < -0.39 is 0 Å². The largest absolute Gasteiger partial charge is 0.383 e. The minimum absolute atomic E-state index is 0.132. The molecule has 5 heteroatoms. The van der Waals surface area contributed by atoms with Gasteiger partial charge < -0.3 is 20.7 Å². The first kappa shape index (κ1) is 16.7. The lowest BCUT2D eigenvalue weighted by atomic mass is 9.80. The number of ether oxygens (including phenoxy) is 1. The zero-order chi connectivity index (χ0) is 14.7. The molecule has 0 aromatic carbocycles. The molecule has 3 N–H and O–H groups in total. The predicted molar refractivity (Wildman–Crippen MR) is 84.5 cm³/mol. The van der Waals surface area contributed by atoms with Crippen LogP contribution in [0.2, 0.25) is 0 Å². The van der Waals surface area contributed by atoms with Crippen LogP contribution in [0.5, 0.6) is 0 Å². The van der Waals surface area contributed by atoms with Crippen LogP contribution >= 0.6 is 12.2 Å². The second kappa shape index (κ2) is 6.37. The summed E-state index contributed by atoms with van der Waals surface area (Å²) in [6.45, 7) is 11.7. The van der Waals surface area contributed by atoms with Gasteiger partial charge in [-0.2, -0.15) is 0 Å². The molecule has 0 amide bonds. The first-order valence-corrected chi connectivity index (χ1v) is 7.40. The molecule has 1 unspecified atom stereocenters. The molecule has 1 fully saturated rings. The van der Waals surface area contributed by atoms with Crippen LogP contribution in [0.3, 0.4) is 0 Å². The lowest BCUT2D eigenvalue weighted by Gasteiger charge is -2.47. The van der Waals surface area contributed by atoms with Crippen molar-refractivity contribution in [3.63, 3.8) is 0 Å². The molecule has 0 aromatic rings. The Bertz CT molecular complexity index is 302. The van der Waals surface area contributed by atoms with Crippen molar-refractivity contribution in [3.8, 4) is 0 Å². The van der Waals surface area contributed by atoms with Crippen LogP contribution in [-0.2, 0) is 4.74 Å². The second-order valence-corrected chi connectivity index (χ2v) is 7.38. The summed E-state index contributed by atoms with van der Waals surface area (Å²) < 4.78 is 5.10. The third-order valence-corrected chi connectivity index (χ3v) is 3.56. The molecule has 0 bridgehead atoms. The average molecular weight is 287 g/mol. The smallest absolute Gasteiger partial charge is 0.166 e. The standard InChI is InChI=1S/C14H29N3OS/c1-10(9-18-6)15-12(19)16-11-7-13(2,3)17-14(4,5)8-11/h10-11,17H,7-9H2,1-6H3,(H2,15,16,19). The summed E-state index contributed by atoms with van der Waals surface area (Å²) in [5.41, 5.74) is 0.264. The van der Waals surface area contributed by atoms with Crippen molar-refractivity contribution in [2.45, 2.75) is 70.6 Å². The maximum atomic E-state index is 5.38. The molecular formula is C14H29N3OS. The third-order valence-electron chi connectivity index (χ3n) is 3.32. The van der Waals surface area contributed by atoms with Crippen molar-refractivity contribution >= 4 is 17.3 Å². The van der Waals surface area contributed by atoms with Crippen molar-refractivity contribution in [3.05, 3.63) is 0 Å². The Morgan fingerprint density at radius 1 is 1.32 bits per heavy atom. The summed E-state index contributed by atoms with van der Waals surface area (Å²) in [5, 5.41) is 11.1. The first-order chi connectivity index (χ1) is 8.63. The molecule has 0 aromatic heterocycles. The van der Waals surface area contributed by atoms with E-state index in [1.807, 2.05) is 0 Å². The Labute approximate surface area is 123 Å². The van der Waals surface area contributed by atoms with Gasteiger partial charge in [0.15, 0.2) is 5.11 Å². The highest BCUT2D eigenvalue weighted by Gasteiger charge is 2.37. The van der Waals surface area contributed by atoms with E-state index in [4.69, 9.17) is 17.0 Å². The summed E-state index contributed by atoms with van der Waals surface area (Å²) in [4.78, 5) is 0. The lowest BCUT2D eigenvalue weighted by molar-refractivity contribution is 0.154. The molecule has 0 radical (unpaired) electrons. The van der Waals surface area contributed by atoms with Crippen molar-refractivity contribution < 1.29 is 4.74 Å². The van der Waals surface area contributed by atoms with E-state index in [-0.39, 0.29) is 17.1 Å². The number of hydrogen-bond donors (Lipinski definition) is 3. The fourth-order valence-electron chi connectivity index (χ4n) is 3.17. The highest BCUT2D eigenvalue weighted by atomic mass is 32.1. The summed E-state index contributed by atoms with van der Waals surface area (Å²) in [6, 6.07) is 0.633. The molecule has 1 rings (SSSR count). The predicted octanol–water partition coefficient (Wildman–Crippen LogP) is 1.79. The van der Waals surface area contributed by atoms with Crippen LogP contribution in [-0.4, -0.2) is 42.0 Å². The maximum absolute atomic E-state index is 5.38. The molecular weight excluding hydrogens is 258 g/mol. The van der Waals surface area contributed by atoms with Gasteiger partial charge in [-0.05, 0) is 59.7 Å². The van der Waals surface area contributed by atoms with Gasteiger partial charge in [0, 0.05) is 30.3 Å². The van der Waals surface area contributed by atoms with Gasteiger partial charge in [-0.25, -0.2) is 0 Å². The van der Waals surface area contributed by atoms with Gasteiger partial charge >= 0.3 is 0 Å². The molecule has 4 nitrogen and oxygen atoms in total. The Hall–Kier alpha value is -0.390. The zero-order valence-corrected chi connectivity index (χ0v) is 13.9. The van der Waals surface area contributed by atoms with Crippen molar-refractivity contribution in [1.82, 2.24) is 16.0 Å². The molecule has 1 heterocycles. The topological polar surface area (TPSA) is 45.3 Å². The SMILES string of the molecule is COCC(C)NC(=S)NC1CC(C)(C)NC(C)(C)C1. The van der Waals surface area contributed by atoms with Crippen molar-refractivity contribution in [2.75, 3.05) is 13.7 Å². The fraction of sp³-hybridized carbons (Fsp3) is 0.929. The second-order valence-electron chi connectivity index (χ2n) is 6.97. The van der Waals surface area contributed by atoms with E-state index in [9.17, 15) is 0 Å². The number of methoxy groups -OCH3 is 1. The van der Waals surface area contributed by atoms with Gasteiger partial charge in [0.1, 0.15) is 0 Å². The van der Waals surface area contributed by atoms with Crippen LogP contribution in [0.4, 0.5) is 0 Å². The van der Waals surface area contributed by atoms with Crippen LogP contribution in [0, 0.1) is 0 Å². The Morgan fingerprint density at radius 3 is 2.32 bits per heavy atom. The zero-order valence-electron chi connectivity index (χ0n) is 13.1. The lowest BCUT2D eigenvalue weighted by Crippen LogP contribution is -2.63. The van der Waals surface area contributed by atoms with E-state index in [0.717, 1.165) is 18.0 Å². The normalized spacial score (nSPS) is 23.7. The Kier molecular flexibility index (Phi) is 5.59. The quantitative estimate of drug-likeness (QED) is 0.688. The van der Waals surface area contributed by atoms with Crippen molar-refractivity contribution in [1.29, 1.82) is 0 Å². The number of thiocarbonyl (C=S) groups is 1. The molecule has 112 valence electrons. The fourth-order valence-corrected chi connectivity index (χ4v) is 3.53. The monoisotopic (exact) mass is 287 g/mol. The number of piperidine rings is 1. The van der Waals surface area contributed by atoms with Gasteiger partial charge in [-0.15, -0.1) is 0 Å². The van der Waals surface area contributed by atoms with Gasteiger partial charge in [-0.3, -0.25) is 0 Å². The van der Waals surface area contributed by atoms with Gasteiger partial charge in [0.25, 0.3) is 0 Å². The van der Waals surface area contributed by atoms with E-state index >= 15 is 0 Å². The van der Waals surface area contributed by atoms with Crippen molar-refractivity contribution in [2.24, 2.45) is 0 Å². The van der Waals surface area contributed by atoms with E-state index in [0.29, 0.717) is 12.6 Å². The van der Waals surface area contributed by atoms with E-state index in [2.05, 4.69) is 50.6 Å².